The Morgan fingerprint density at radius 1 is 1.27 bits per heavy atom. The van der Waals surface area contributed by atoms with E-state index in [-0.39, 0.29) is 5.91 Å². The highest BCUT2D eigenvalue weighted by molar-refractivity contribution is 6.17. The van der Waals surface area contributed by atoms with Gasteiger partial charge in [-0.25, -0.2) is 0 Å². The largest absolute Gasteiger partial charge is 0.371 e. The molecule has 2 bridgehead atoms. The summed E-state index contributed by atoms with van der Waals surface area (Å²) in [5.74, 6) is 0.932. The van der Waals surface area contributed by atoms with E-state index in [4.69, 9.17) is 16.3 Å². The fourth-order valence-electron chi connectivity index (χ4n) is 2.35. The number of fused-ring (bicyclic) bond motifs is 2. The van der Waals surface area contributed by atoms with Crippen molar-refractivity contribution in [2.75, 3.05) is 19.0 Å². The molecule has 0 aromatic rings. The van der Waals surface area contributed by atoms with E-state index >= 15 is 0 Å². The van der Waals surface area contributed by atoms with Gasteiger partial charge in [-0.15, -0.1) is 11.6 Å². The topological polar surface area (TPSA) is 29.5 Å². The number of nitrogens with zero attached hydrogens (tertiary/aromatic N) is 1. The summed E-state index contributed by atoms with van der Waals surface area (Å²) in [5, 5.41) is 0. The van der Waals surface area contributed by atoms with Gasteiger partial charge in [-0.2, -0.15) is 0 Å². The standard InChI is InChI=1S/C11H18ClNO2/c12-6-2-1-3-11(14)13-7-9-4-5-10(8-13)15-9/h9-10H,1-8H2. The summed E-state index contributed by atoms with van der Waals surface area (Å²) in [6.45, 7) is 1.60. The van der Waals surface area contributed by atoms with Crippen LogP contribution < -0.4 is 0 Å². The van der Waals surface area contributed by atoms with Crippen molar-refractivity contribution in [3.05, 3.63) is 0 Å². The minimum atomic E-state index is 0.278. The lowest BCUT2D eigenvalue weighted by molar-refractivity contribution is -0.139. The third-order valence-corrected chi connectivity index (χ3v) is 3.44. The first-order valence-electron chi connectivity index (χ1n) is 5.79. The Morgan fingerprint density at radius 3 is 2.53 bits per heavy atom. The van der Waals surface area contributed by atoms with Gasteiger partial charge >= 0.3 is 0 Å². The zero-order chi connectivity index (χ0) is 10.7. The molecule has 4 heteroatoms. The lowest BCUT2D eigenvalue weighted by atomic mass is 10.2. The van der Waals surface area contributed by atoms with Crippen LogP contribution in [0.2, 0.25) is 0 Å². The lowest BCUT2D eigenvalue weighted by Crippen LogP contribution is -2.45. The number of morpholine rings is 1. The van der Waals surface area contributed by atoms with Crippen molar-refractivity contribution in [1.29, 1.82) is 0 Å². The molecule has 0 saturated carbocycles. The number of amides is 1. The fourth-order valence-corrected chi connectivity index (χ4v) is 2.54. The van der Waals surface area contributed by atoms with Crippen LogP contribution in [-0.4, -0.2) is 42.0 Å². The molecule has 2 heterocycles. The van der Waals surface area contributed by atoms with Gasteiger partial charge < -0.3 is 9.64 Å². The first kappa shape index (κ1) is 11.2. The van der Waals surface area contributed by atoms with E-state index in [1.807, 2.05) is 4.90 Å². The lowest BCUT2D eigenvalue weighted by Gasteiger charge is -2.32. The number of unbranched alkanes of at least 4 members (excludes halogenated alkanes) is 1. The predicted molar refractivity (Wildman–Crippen MR) is 59.0 cm³/mol. The summed E-state index contributed by atoms with van der Waals surface area (Å²) >= 11 is 5.58. The Kier molecular flexibility index (Phi) is 3.87. The molecule has 2 fully saturated rings. The predicted octanol–water partition coefficient (Wildman–Crippen LogP) is 1.79. The number of carbonyl (C=O) groups is 1. The van der Waals surface area contributed by atoms with Gasteiger partial charge in [0, 0.05) is 25.4 Å². The van der Waals surface area contributed by atoms with E-state index in [1.54, 1.807) is 0 Å². The number of halogens is 1. The van der Waals surface area contributed by atoms with Crippen LogP contribution in [0.4, 0.5) is 0 Å². The van der Waals surface area contributed by atoms with Crippen LogP contribution in [0, 0.1) is 0 Å². The van der Waals surface area contributed by atoms with Crippen molar-refractivity contribution in [3.8, 4) is 0 Å². The summed E-state index contributed by atoms with van der Waals surface area (Å²) in [6.07, 6.45) is 5.35. The molecule has 2 unspecified atom stereocenters. The van der Waals surface area contributed by atoms with Crippen molar-refractivity contribution in [2.24, 2.45) is 0 Å². The van der Waals surface area contributed by atoms with Crippen LogP contribution in [0.3, 0.4) is 0 Å². The number of hydrogen-bond donors (Lipinski definition) is 0. The van der Waals surface area contributed by atoms with Crippen molar-refractivity contribution in [3.63, 3.8) is 0 Å². The Morgan fingerprint density at radius 2 is 1.93 bits per heavy atom. The second kappa shape index (κ2) is 5.17. The van der Waals surface area contributed by atoms with E-state index in [0.717, 1.165) is 38.8 Å². The van der Waals surface area contributed by atoms with Gasteiger partial charge in [-0.1, -0.05) is 0 Å². The van der Waals surface area contributed by atoms with Gasteiger partial charge in [0.25, 0.3) is 0 Å². The Hall–Kier alpha value is -0.280. The van der Waals surface area contributed by atoms with Crippen molar-refractivity contribution in [1.82, 2.24) is 4.90 Å². The maximum atomic E-state index is 11.8. The van der Waals surface area contributed by atoms with E-state index in [2.05, 4.69) is 0 Å². The van der Waals surface area contributed by atoms with Gasteiger partial charge in [-0.05, 0) is 25.7 Å². The highest BCUT2D eigenvalue weighted by atomic mass is 35.5. The number of hydrogen-bond acceptors (Lipinski definition) is 2. The average molecular weight is 232 g/mol. The molecule has 3 nitrogen and oxygen atoms in total. The van der Waals surface area contributed by atoms with Crippen LogP contribution in [0.25, 0.3) is 0 Å². The molecule has 0 aliphatic carbocycles. The molecule has 2 aliphatic heterocycles. The van der Waals surface area contributed by atoms with Gasteiger partial charge in [0.2, 0.25) is 5.91 Å². The average Bonchev–Trinajstić information content (AvgIpc) is 2.58. The monoisotopic (exact) mass is 231 g/mol. The summed E-state index contributed by atoms with van der Waals surface area (Å²) < 4.78 is 5.69. The molecule has 0 aromatic carbocycles. The summed E-state index contributed by atoms with van der Waals surface area (Å²) in [6, 6.07) is 0. The highest BCUT2D eigenvalue weighted by Gasteiger charge is 2.35. The molecule has 0 spiro atoms. The maximum Gasteiger partial charge on any atom is 0.222 e. The van der Waals surface area contributed by atoms with Crippen LogP contribution in [0.15, 0.2) is 0 Å². The second-order valence-electron chi connectivity index (χ2n) is 4.40. The van der Waals surface area contributed by atoms with Crippen LogP contribution in [0.5, 0.6) is 0 Å². The summed E-state index contributed by atoms with van der Waals surface area (Å²) in [5.41, 5.74) is 0. The Bertz CT molecular complexity index is 223. The molecule has 2 saturated heterocycles. The minimum Gasteiger partial charge on any atom is -0.371 e. The molecule has 0 radical (unpaired) electrons. The summed E-state index contributed by atoms with van der Waals surface area (Å²) in [4.78, 5) is 13.8. The van der Waals surface area contributed by atoms with Gasteiger partial charge in [0.15, 0.2) is 0 Å². The maximum absolute atomic E-state index is 11.8. The van der Waals surface area contributed by atoms with Crippen molar-refractivity contribution in [2.45, 2.75) is 44.3 Å². The SMILES string of the molecule is O=C(CCCCCl)N1CC2CCC(C1)O2. The zero-order valence-corrected chi connectivity index (χ0v) is 9.71. The van der Waals surface area contributed by atoms with Crippen LogP contribution in [-0.2, 0) is 9.53 Å². The highest BCUT2D eigenvalue weighted by Crippen LogP contribution is 2.26. The summed E-state index contributed by atoms with van der Waals surface area (Å²) in [7, 11) is 0. The van der Waals surface area contributed by atoms with Crippen LogP contribution >= 0.6 is 11.6 Å². The quantitative estimate of drug-likeness (QED) is 0.545. The van der Waals surface area contributed by atoms with E-state index in [1.165, 1.54) is 0 Å². The van der Waals surface area contributed by atoms with Gasteiger partial charge in [0.05, 0.1) is 12.2 Å². The molecule has 2 atom stereocenters. The van der Waals surface area contributed by atoms with Gasteiger partial charge in [0.1, 0.15) is 0 Å². The van der Waals surface area contributed by atoms with Crippen LogP contribution in [0.1, 0.15) is 32.1 Å². The van der Waals surface area contributed by atoms with Crippen molar-refractivity contribution >= 4 is 17.5 Å². The van der Waals surface area contributed by atoms with Gasteiger partial charge in [-0.3, -0.25) is 4.79 Å². The molecule has 1 amide bonds. The molecule has 2 rings (SSSR count). The Labute approximate surface area is 95.7 Å². The number of rotatable bonds is 4. The van der Waals surface area contributed by atoms with E-state index < -0.39 is 0 Å². The smallest absolute Gasteiger partial charge is 0.222 e. The molecule has 2 aliphatic rings. The molecule has 0 N–H and O–H groups in total. The molecular formula is C11H18ClNO2. The normalized spacial score (nSPS) is 29.5. The number of carbonyl (C=O) groups excluding carboxylic acids is 1. The molecule has 0 aromatic heterocycles. The third kappa shape index (κ3) is 2.85. The number of likely N-dealkylation sites (tertiary alicyclic amines) is 1. The third-order valence-electron chi connectivity index (χ3n) is 3.17. The second-order valence-corrected chi connectivity index (χ2v) is 4.78. The minimum absolute atomic E-state index is 0.278. The molecule has 86 valence electrons. The fraction of sp³-hybridized carbons (Fsp3) is 0.909. The molecular weight excluding hydrogens is 214 g/mol. The first-order chi connectivity index (χ1) is 7.29. The Balaban J connectivity index is 1.76. The van der Waals surface area contributed by atoms with E-state index in [0.29, 0.717) is 24.5 Å². The molecule has 15 heavy (non-hydrogen) atoms. The zero-order valence-electron chi connectivity index (χ0n) is 8.95. The first-order valence-corrected chi connectivity index (χ1v) is 6.32. The van der Waals surface area contributed by atoms with Crippen molar-refractivity contribution < 1.29 is 9.53 Å². The number of ether oxygens (including phenoxy) is 1. The van der Waals surface area contributed by atoms with E-state index in [9.17, 15) is 4.79 Å². The number of alkyl halides is 1.